The van der Waals surface area contributed by atoms with E-state index in [1.807, 2.05) is 18.2 Å². The molecular formula is C15H13ClN2S. The van der Waals surface area contributed by atoms with Gasteiger partial charge in [-0.15, -0.1) is 0 Å². The molecule has 0 fully saturated rings. The van der Waals surface area contributed by atoms with Gasteiger partial charge in [-0.25, -0.2) is 4.98 Å². The Morgan fingerprint density at radius 1 is 1.16 bits per heavy atom. The molecule has 0 saturated carbocycles. The average molecular weight is 289 g/mol. The molecule has 2 nitrogen and oxygen atoms in total. The van der Waals surface area contributed by atoms with Crippen molar-refractivity contribution in [2.75, 3.05) is 5.32 Å². The first-order valence-corrected chi connectivity index (χ1v) is 7.26. The molecule has 3 rings (SSSR count). The minimum absolute atomic E-state index is 0.762. The van der Waals surface area contributed by atoms with E-state index in [0.717, 1.165) is 26.9 Å². The molecule has 0 aliphatic rings. The molecule has 96 valence electrons. The van der Waals surface area contributed by atoms with Crippen LogP contribution in [0.2, 0.25) is 5.02 Å². The molecule has 2 aromatic carbocycles. The topological polar surface area (TPSA) is 24.9 Å². The smallest absolute Gasteiger partial charge is 0.184 e. The van der Waals surface area contributed by atoms with E-state index >= 15 is 0 Å². The highest BCUT2D eigenvalue weighted by Crippen LogP contribution is 2.31. The van der Waals surface area contributed by atoms with Crippen LogP contribution in [0.5, 0.6) is 0 Å². The summed E-state index contributed by atoms with van der Waals surface area (Å²) in [7, 11) is 0. The van der Waals surface area contributed by atoms with Gasteiger partial charge in [-0.1, -0.05) is 58.8 Å². The van der Waals surface area contributed by atoms with Gasteiger partial charge in [0.25, 0.3) is 0 Å². The van der Waals surface area contributed by atoms with Crippen LogP contribution in [0.15, 0.2) is 42.5 Å². The van der Waals surface area contributed by atoms with Gasteiger partial charge < -0.3 is 5.32 Å². The van der Waals surface area contributed by atoms with Crippen molar-refractivity contribution in [3.05, 3.63) is 58.6 Å². The Labute approximate surface area is 121 Å². The zero-order chi connectivity index (χ0) is 13.2. The molecule has 0 aliphatic heterocycles. The largest absolute Gasteiger partial charge is 0.357 e. The van der Waals surface area contributed by atoms with Gasteiger partial charge in [0.05, 0.1) is 15.2 Å². The fraction of sp³-hybridized carbons (Fsp3) is 0.133. The molecule has 0 atom stereocenters. The van der Waals surface area contributed by atoms with Crippen LogP contribution in [0.3, 0.4) is 0 Å². The lowest BCUT2D eigenvalue weighted by Gasteiger charge is -2.02. The van der Waals surface area contributed by atoms with E-state index < -0.39 is 0 Å². The van der Waals surface area contributed by atoms with E-state index in [9.17, 15) is 0 Å². The lowest BCUT2D eigenvalue weighted by molar-refractivity contribution is 1.14. The number of aromatic nitrogens is 1. The molecule has 19 heavy (non-hydrogen) atoms. The van der Waals surface area contributed by atoms with Gasteiger partial charge >= 0.3 is 0 Å². The molecule has 0 amide bonds. The quantitative estimate of drug-likeness (QED) is 0.744. The van der Waals surface area contributed by atoms with Crippen LogP contribution in [-0.2, 0) is 6.54 Å². The van der Waals surface area contributed by atoms with Crippen LogP contribution in [0.1, 0.15) is 11.1 Å². The average Bonchev–Trinajstić information content (AvgIpc) is 2.83. The minimum atomic E-state index is 0.762. The Morgan fingerprint density at radius 2 is 1.95 bits per heavy atom. The van der Waals surface area contributed by atoms with Gasteiger partial charge in [0.2, 0.25) is 0 Å². The van der Waals surface area contributed by atoms with E-state index in [1.165, 1.54) is 11.1 Å². The zero-order valence-electron chi connectivity index (χ0n) is 10.5. The number of aryl methyl sites for hydroxylation is 1. The van der Waals surface area contributed by atoms with Crippen molar-refractivity contribution in [2.45, 2.75) is 13.5 Å². The van der Waals surface area contributed by atoms with Crippen molar-refractivity contribution >= 4 is 38.3 Å². The summed E-state index contributed by atoms with van der Waals surface area (Å²) in [4.78, 5) is 4.53. The van der Waals surface area contributed by atoms with Crippen molar-refractivity contribution in [1.82, 2.24) is 4.98 Å². The summed E-state index contributed by atoms with van der Waals surface area (Å²) in [6, 6.07) is 14.3. The van der Waals surface area contributed by atoms with Crippen LogP contribution in [0.25, 0.3) is 10.2 Å². The van der Waals surface area contributed by atoms with E-state index in [1.54, 1.807) is 11.3 Å². The van der Waals surface area contributed by atoms with Crippen LogP contribution >= 0.6 is 22.9 Å². The van der Waals surface area contributed by atoms with Crippen LogP contribution in [0.4, 0.5) is 5.13 Å². The number of rotatable bonds is 3. The van der Waals surface area contributed by atoms with Gasteiger partial charge in [0.1, 0.15) is 0 Å². The first kappa shape index (κ1) is 12.5. The van der Waals surface area contributed by atoms with Gasteiger partial charge in [0, 0.05) is 6.54 Å². The number of fused-ring (bicyclic) bond motifs is 1. The summed E-state index contributed by atoms with van der Waals surface area (Å²) >= 11 is 7.74. The number of nitrogens with zero attached hydrogens (tertiary/aromatic N) is 1. The molecule has 3 aromatic rings. The summed E-state index contributed by atoms with van der Waals surface area (Å²) < 4.78 is 1.04. The predicted octanol–water partition coefficient (Wildman–Crippen LogP) is 4.87. The van der Waals surface area contributed by atoms with Crippen molar-refractivity contribution in [1.29, 1.82) is 0 Å². The number of benzene rings is 2. The molecule has 4 heteroatoms. The standard InChI is InChI=1S/C15H13ClN2S/c1-10-5-7-11(8-6-10)9-17-15-18-13-4-2-3-12(16)14(13)19-15/h2-8H,9H2,1H3,(H,17,18). The summed E-state index contributed by atoms with van der Waals surface area (Å²) in [5, 5.41) is 5.01. The first-order chi connectivity index (χ1) is 9.22. The molecule has 1 N–H and O–H groups in total. The lowest BCUT2D eigenvalue weighted by Crippen LogP contribution is -1.98. The van der Waals surface area contributed by atoms with Gasteiger partial charge in [0.15, 0.2) is 5.13 Å². The highest BCUT2D eigenvalue weighted by Gasteiger charge is 2.06. The first-order valence-electron chi connectivity index (χ1n) is 6.07. The number of nitrogens with one attached hydrogen (secondary N) is 1. The van der Waals surface area contributed by atoms with E-state index in [4.69, 9.17) is 11.6 Å². The highest BCUT2D eigenvalue weighted by atomic mass is 35.5. The van der Waals surface area contributed by atoms with Gasteiger partial charge in [-0.3, -0.25) is 0 Å². The van der Waals surface area contributed by atoms with Crippen molar-refractivity contribution in [2.24, 2.45) is 0 Å². The van der Waals surface area contributed by atoms with Crippen molar-refractivity contribution in [3.8, 4) is 0 Å². The maximum atomic E-state index is 6.15. The molecule has 0 bridgehead atoms. The number of thiazole rings is 1. The zero-order valence-corrected chi connectivity index (χ0v) is 12.1. The molecule has 0 unspecified atom stereocenters. The summed E-state index contributed by atoms with van der Waals surface area (Å²) in [5.41, 5.74) is 3.47. The third-order valence-electron chi connectivity index (χ3n) is 2.93. The Morgan fingerprint density at radius 3 is 2.68 bits per heavy atom. The lowest BCUT2D eigenvalue weighted by atomic mass is 10.1. The summed E-state index contributed by atoms with van der Waals surface area (Å²) in [6.07, 6.45) is 0. The van der Waals surface area contributed by atoms with Crippen molar-refractivity contribution in [3.63, 3.8) is 0 Å². The Hall–Kier alpha value is -1.58. The molecule has 0 radical (unpaired) electrons. The van der Waals surface area contributed by atoms with Crippen LogP contribution in [-0.4, -0.2) is 4.98 Å². The Kier molecular flexibility index (Phi) is 3.40. The monoisotopic (exact) mass is 288 g/mol. The fourth-order valence-electron chi connectivity index (χ4n) is 1.87. The Balaban J connectivity index is 1.78. The van der Waals surface area contributed by atoms with E-state index in [-0.39, 0.29) is 0 Å². The molecule has 0 saturated heterocycles. The normalized spacial score (nSPS) is 10.8. The molecule has 0 aliphatic carbocycles. The fourth-order valence-corrected chi connectivity index (χ4v) is 3.03. The van der Waals surface area contributed by atoms with E-state index in [2.05, 4.69) is 41.5 Å². The SMILES string of the molecule is Cc1ccc(CNc2nc3cccc(Cl)c3s2)cc1. The minimum Gasteiger partial charge on any atom is -0.357 e. The Bertz CT molecular complexity index is 704. The number of hydrogen-bond acceptors (Lipinski definition) is 3. The predicted molar refractivity (Wildman–Crippen MR) is 83.1 cm³/mol. The van der Waals surface area contributed by atoms with Crippen LogP contribution < -0.4 is 5.32 Å². The molecule has 1 aromatic heterocycles. The van der Waals surface area contributed by atoms with Crippen LogP contribution in [0, 0.1) is 6.92 Å². The summed E-state index contributed by atoms with van der Waals surface area (Å²) in [6.45, 7) is 2.87. The number of anilines is 1. The van der Waals surface area contributed by atoms with E-state index in [0.29, 0.717) is 0 Å². The second-order valence-corrected chi connectivity index (χ2v) is 5.85. The maximum Gasteiger partial charge on any atom is 0.184 e. The second kappa shape index (κ2) is 5.19. The molecule has 1 heterocycles. The number of hydrogen-bond donors (Lipinski definition) is 1. The van der Waals surface area contributed by atoms with Gasteiger partial charge in [-0.05, 0) is 24.6 Å². The van der Waals surface area contributed by atoms with Gasteiger partial charge in [-0.2, -0.15) is 0 Å². The third-order valence-corrected chi connectivity index (χ3v) is 4.42. The third kappa shape index (κ3) is 2.72. The number of halogens is 1. The maximum absolute atomic E-state index is 6.15. The molecular weight excluding hydrogens is 276 g/mol. The second-order valence-electron chi connectivity index (χ2n) is 4.45. The summed E-state index contributed by atoms with van der Waals surface area (Å²) in [5.74, 6) is 0. The molecule has 0 spiro atoms. The highest BCUT2D eigenvalue weighted by molar-refractivity contribution is 7.22. The van der Waals surface area contributed by atoms with Crippen molar-refractivity contribution < 1.29 is 0 Å².